The maximum absolute atomic E-state index is 5.47. The van der Waals surface area contributed by atoms with Crippen LogP contribution in [0.15, 0.2) is 18.2 Å². The Labute approximate surface area is 128 Å². The van der Waals surface area contributed by atoms with E-state index in [1.165, 1.54) is 43.6 Å². The van der Waals surface area contributed by atoms with E-state index in [4.69, 9.17) is 4.74 Å². The highest BCUT2D eigenvalue weighted by atomic mass is 16.5. The van der Waals surface area contributed by atoms with Crippen LogP contribution in [0.4, 0.5) is 5.69 Å². The Hall–Kier alpha value is -1.06. The van der Waals surface area contributed by atoms with Gasteiger partial charge in [-0.05, 0) is 62.8 Å². The number of likely N-dealkylation sites (N-methyl/N-ethyl adjacent to an activating group) is 1. The second-order valence-electron chi connectivity index (χ2n) is 6.61. The van der Waals surface area contributed by atoms with Crippen molar-refractivity contribution in [1.82, 2.24) is 5.32 Å². The Balaban J connectivity index is 1.65. The van der Waals surface area contributed by atoms with Gasteiger partial charge in [0.15, 0.2) is 0 Å². The molecule has 1 aromatic rings. The minimum absolute atomic E-state index is 0.544. The molecule has 1 fully saturated rings. The molecular weight excluding hydrogens is 260 g/mol. The van der Waals surface area contributed by atoms with Crippen molar-refractivity contribution in [3.8, 4) is 0 Å². The van der Waals surface area contributed by atoms with Gasteiger partial charge in [-0.1, -0.05) is 12.1 Å². The Kier molecular flexibility index (Phi) is 4.81. The highest BCUT2D eigenvalue weighted by Crippen LogP contribution is 2.31. The van der Waals surface area contributed by atoms with Crippen molar-refractivity contribution in [2.24, 2.45) is 5.92 Å². The van der Waals surface area contributed by atoms with E-state index in [1.807, 2.05) is 7.05 Å². The summed E-state index contributed by atoms with van der Waals surface area (Å²) in [6, 6.07) is 7.63. The van der Waals surface area contributed by atoms with E-state index in [0.29, 0.717) is 6.04 Å². The molecule has 0 bridgehead atoms. The fraction of sp³-hybridized carbons (Fsp3) is 0.667. The lowest BCUT2D eigenvalue weighted by molar-refractivity contribution is 0.0683. The fourth-order valence-electron chi connectivity index (χ4n) is 3.54. The summed E-state index contributed by atoms with van der Waals surface area (Å²) in [5.74, 6) is 0.814. The molecule has 0 amide bonds. The van der Waals surface area contributed by atoms with E-state index in [0.717, 1.165) is 25.6 Å². The largest absolute Gasteiger partial charge is 0.381 e. The highest BCUT2D eigenvalue weighted by molar-refractivity contribution is 5.59. The van der Waals surface area contributed by atoms with Gasteiger partial charge in [-0.3, -0.25) is 0 Å². The molecule has 0 spiro atoms. The molecular formula is C18H28N2O. The predicted molar refractivity (Wildman–Crippen MR) is 88.1 cm³/mol. The van der Waals surface area contributed by atoms with Crippen molar-refractivity contribution in [3.63, 3.8) is 0 Å². The molecule has 1 saturated heterocycles. The number of ether oxygens (including phenoxy) is 1. The van der Waals surface area contributed by atoms with Gasteiger partial charge < -0.3 is 15.0 Å². The van der Waals surface area contributed by atoms with Crippen LogP contribution in [0, 0.1) is 5.92 Å². The fourth-order valence-corrected chi connectivity index (χ4v) is 3.54. The molecule has 21 heavy (non-hydrogen) atoms. The highest BCUT2D eigenvalue weighted by Gasteiger charge is 2.23. The number of fused-ring (bicyclic) bond motifs is 1. The third kappa shape index (κ3) is 3.58. The number of rotatable bonds is 5. The molecule has 116 valence electrons. The van der Waals surface area contributed by atoms with Crippen LogP contribution in [0.25, 0.3) is 0 Å². The number of hydrogen-bond acceptors (Lipinski definition) is 3. The van der Waals surface area contributed by atoms with Crippen molar-refractivity contribution in [2.45, 2.75) is 38.6 Å². The second kappa shape index (κ2) is 6.80. The van der Waals surface area contributed by atoms with Crippen LogP contribution in [0.1, 0.15) is 30.9 Å². The first-order valence-corrected chi connectivity index (χ1v) is 8.38. The van der Waals surface area contributed by atoms with Gasteiger partial charge in [0.25, 0.3) is 0 Å². The Morgan fingerprint density at radius 1 is 1.33 bits per heavy atom. The minimum Gasteiger partial charge on any atom is -0.381 e. The van der Waals surface area contributed by atoms with Crippen LogP contribution in [-0.4, -0.2) is 39.4 Å². The predicted octanol–water partition coefficient (Wildman–Crippen LogP) is 2.63. The van der Waals surface area contributed by atoms with E-state index < -0.39 is 0 Å². The summed E-state index contributed by atoms with van der Waals surface area (Å²) in [6.07, 6.45) is 4.78. The zero-order chi connectivity index (χ0) is 14.7. The van der Waals surface area contributed by atoms with Gasteiger partial charge in [-0.15, -0.1) is 0 Å². The van der Waals surface area contributed by atoms with Crippen molar-refractivity contribution < 1.29 is 4.74 Å². The number of hydrogen-bond donors (Lipinski definition) is 1. The Morgan fingerprint density at radius 2 is 2.14 bits per heavy atom. The first kappa shape index (κ1) is 14.9. The van der Waals surface area contributed by atoms with Gasteiger partial charge in [0, 0.05) is 38.0 Å². The van der Waals surface area contributed by atoms with E-state index in [1.54, 1.807) is 5.56 Å². The Bertz CT molecular complexity index is 468. The number of nitrogens with one attached hydrogen (secondary N) is 1. The standard InChI is InChI=1S/C18H28N2O/c1-14(19-2)11-16-3-4-18-17(12-16)5-8-20(18)13-15-6-9-21-10-7-15/h3-4,12,14-15,19H,5-11,13H2,1-2H3. The van der Waals surface area contributed by atoms with E-state index in [-0.39, 0.29) is 0 Å². The van der Waals surface area contributed by atoms with Crippen LogP contribution < -0.4 is 10.2 Å². The van der Waals surface area contributed by atoms with Crippen molar-refractivity contribution in [2.75, 3.05) is 38.3 Å². The average Bonchev–Trinajstić information content (AvgIpc) is 2.90. The molecule has 1 atom stereocenters. The van der Waals surface area contributed by atoms with Gasteiger partial charge in [-0.25, -0.2) is 0 Å². The molecule has 3 nitrogen and oxygen atoms in total. The second-order valence-corrected chi connectivity index (χ2v) is 6.61. The summed E-state index contributed by atoms with van der Waals surface area (Å²) in [4.78, 5) is 2.59. The lowest BCUT2D eigenvalue weighted by Crippen LogP contribution is -2.31. The van der Waals surface area contributed by atoms with Gasteiger partial charge in [0.2, 0.25) is 0 Å². The van der Waals surface area contributed by atoms with E-state index in [9.17, 15) is 0 Å². The third-order valence-corrected chi connectivity index (χ3v) is 4.99. The van der Waals surface area contributed by atoms with Gasteiger partial charge >= 0.3 is 0 Å². The van der Waals surface area contributed by atoms with Crippen LogP contribution in [0.3, 0.4) is 0 Å². The maximum Gasteiger partial charge on any atom is 0.0469 e. The third-order valence-electron chi connectivity index (χ3n) is 4.99. The smallest absolute Gasteiger partial charge is 0.0469 e. The Morgan fingerprint density at radius 3 is 2.90 bits per heavy atom. The van der Waals surface area contributed by atoms with Crippen LogP contribution in [-0.2, 0) is 17.6 Å². The topological polar surface area (TPSA) is 24.5 Å². The van der Waals surface area contributed by atoms with Crippen molar-refractivity contribution in [1.29, 1.82) is 0 Å². The summed E-state index contributed by atoms with van der Waals surface area (Å²) in [5, 5.41) is 3.32. The van der Waals surface area contributed by atoms with E-state index >= 15 is 0 Å². The molecule has 2 aliphatic heterocycles. The molecule has 1 aromatic carbocycles. The lowest BCUT2D eigenvalue weighted by atomic mass is 9.99. The quantitative estimate of drug-likeness (QED) is 0.901. The van der Waals surface area contributed by atoms with E-state index in [2.05, 4.69) is 35.3 Å². The zero-order valence-electron chi connectivity index (χ0n) is 13.4. The molecule has 3 rings (SSSR count). The number of anilines is 1. The molecule has 3 heteroatoms. The average molecular weight is 288 g/mol. The molecule has 2 heterocycles. The summed E-state index contributed by atoms with van der Waals surface area (Å²) in [6.45, 7) is 6.55. The SMILES string of the molecule is CNC(C)Cc1ccc2c(c1)CCN2CC1CCOCC1. The van der Waals surface area contributed by atoms with Crippen LogP contribution in [0.2, 0.25) is 0 Å². The lowest BCUT2D eigenvalue weighted by Gasteiger charge is -2.28. The minimum atomic E-state index is 0.544. The number of benzene rings is 1. The molecule has 1 unspecified atom stereocenters. The van der Waals surface area contributed by atoms with Gasteiger partial charge in [0.1, 0.15) is 0 Å². The van der Waals surface area contributed by atoms with Crippen molar-refractivity contribution >= 4 is 5.69 Å². The molecule has 0 aliphatic carbocycles. The molecule has 1 N–H and O–H groups in total. The zero-order valence-corrected chi connectivity index (χ0v) is 13.4. The van der Waals surface area contributed by atoms with Crippen LogP contribution in [0.5, 0.6) is 0 Å². The molecule has 0 radical (unpaired) electrons. The first-order valence-electron chi connectivity index (χ1n) is 8.38. The maximum atomic E-state index is 5.47. The van der Waals surface area contributed by atoms with Gasteiger partial charge in [-0.2, -0.15) is 0 Å². The molecule has 0 aromatic heterocycles. The monoisotopic (exact) mass is 288 g/mol. The first-order chi connectivity index (χ1) is 10.3. The summed E-state index contributed by atoms with van der Waals surface area (Å²) in [5.41, 5.74) is 4.48. The molecule has 2 aliphatic rings. The number of nitrogens with zero attached hydrogens (tertiary/aromatic N) is 1. The summed E-state index contributed by atoms with van der Waals surface area (Å²) >= 11 is 0. The normalized spacial score (nSPS) is 20.6. The van der Waals surface area contributed by atoms with Gasteiger partial charge in [0.05, 0.1) is 0 Å². The summed E-state index contributed by atoms with van der Waals surface area (Å²) < 4.78 is 5.47. The van der Waals surface area contributed by atoms with Crippen molar-refractivity contribution in [3.05, 3.63) is 29.3 Å². The summed E-state index contributed by atoms with van der Waals surface area (Å²) in [7, 11) is 2.04. The molecule has 0 saturated carbocycles. The van der Waals surface area contributed by atoms with Crippen LogP contribution >= 0.6 is 0 Å².